The fraction of sp³-hybridized carbons (Fsp3) is 0. The predicted molar refractivity (Wildman–Crippen MR) is 83.6 cm³/mol. The van der Waals surface area contributed by atoms with Crippen molar-refractivity contribution in [1.82, 2.24) is 39.3 Å². The average Bonchev–Trinajstić information content (AvgIpc) is 2.97. The maximum Gasteiger partial charge on any atom is 0.347 e. The first-order valence-electron chi connectivity index (χ1n) is 6.13. The Bertz CT molecular complexity index is 1200. The maximum atomic E-state index is 12.3. The van der Waals surface area contributed by atoms with Crippen molar-refractivity contribution in [2.45, 2.75) is 0 Å². The Morgan fingerprint density at radius 2 is 1.83 bits per heavy atom. The highest BCUT2D eigenvalue weighted by Gasteiger charge is 2.20. The van der Waals surface area contributed by atoms with E-state index >= 15 is 0 Å². The number of aromatic nitrogens is 8. The minimum absolute atomic E-state index is 0.00866. The molecule has 0 fully saturated rings. The molecule has 13 heteroatoms. The lowest BCUT2D eigenvalue weighted by Gasteiger charge is -2.05. The van der Waals surface area contributed by atoms with Gasteiger partial charge in [-0.25, -0.2) is 19.7 Å². The molecular weight excluding hydrogens is 372 g/mol. The third-order valence-electron chi connectivity index (χ3n) is 3.16. The van der Waals surface area contributed by atoms with Crippen LogP contribution in [0.3, 0.4) is 0 Å². The van der Waals surface area contributed by atoms with Crippen molar-refractivity contribution in [2.24, 2.45) is 0 Å². The number of nitrogens with two attached hydrogens (primary N) is 2. The molecule has 4 rings (SSSR count). The van der Waals surface area contributed by atoms with Crippen LogP contribution < -0.4 is 22.7 Å². The molecule has 0 amide bonds. The van der Waals surface area contributed by atoms with Gasteiger partial charge in [-0.15, -0.1) is 0 Å². The number of nitrogens with one attached hydrogen (secondary N) is 2. The third-order valence-corrected chi connectivity index (χ3v) is 3.67. The van der Waals surface area contributed by atoms with Crippen LogP contribution in [0.5, 0.6) is 0 Å². The van der Waals surface area contributed by atoms with Gasteiger partial charge in [-0.2, -0.15) is 14.3 Å². The van der Waals surface area contributed by atoms with Crippen LogP contribution in [0.15, 0.2) is 20.7 Å². The van der Waals surface area contributed by atoms with Crippen molar-refractivity contribution in [2.75, 3.05) is 11.5 Å². The van der Waals surface area contributed by atoms with Crippen LogP contribution >= 0.6 is 15.9 Å². The molecule has 23 heavy (non-hydrogen) atoms. The molecule has 0 saturated carbocycles. The number of nitrogens with zero attached hydrogens (tertiary/aromatic N) is 6. The first-order chi connectivity index (χ1) is 11.0. The zero-order valence-corrected chi connectivity index (χ0v) is 12.7. The van der Waals surface area contributed by atoms with Crippen molar-refractivity contribution in [3.63, 3.8) is 0 Å². The van der Waals surface area contributed by atoms with Gasteiger partial charge in [0.2, 0.25) is 5.95 Å². The Labute approximate surface area is 133 Å². The van der Waals surface area contributed by atoms with Crippen LogP contribution in [0.1, 0.15) is 0 Å². The molecule has 0 radical (unpaired) electrons. The summed E-state index contributed by atoms with van der Waals surface area (Å²) in [6, 6.07) is 0. The van der Waals surface area contributed by atoms with Gasteiger partial charge in [-0.1, -0.05) is 0 Å². The van der Waals surface area contributed by atoms with E-state index in [9.17, 15) is 9.59 Å². The monoisotopic (exact) mass is 378 g/mol. The molecule has 116 valence electrons. The van der Waals surface area contributed by atoms with E-state index in [0.29, 0.717) is 0 Å². The van der Waals surface area contributed by atoms with Gasteiger partial charge in [0.15, 0.2) is 27.4 Å². The lowest BCUT2D eigenvalue weighted by molar-refractivity contribution is 0.646. The summed E-state index contributed by atoms with van der Waals surface area (Å²) in [6.45, 7) is 0. The highest BCUT2D eigenvalue weighted by atomic mass is 79.9. The van der Waals surface area contributed by atoms with E-state index in [2.05, 4.69) is 45.8 Å². The second-order valence-corrected chi connectivity index (χ2v) is 5.22. The molecule has 4 aromatic rings. The largest absolute Gasteiger partial charge is 0.382 e. The quantitative estimate of drug-likeness (QED) is 0.297. The van der Waals surface area contributed by atoms with Crippen LogP contribution in [-0.4, -0.2) is 39.3 Å². The molecule has 0 aliphatic heterocycles. The molecule has 0 aliphatic rings. The Morgan fingerprint density at radius 3 is 2.61 bits per heavy atom. The molecule has 0 saturated heterocycles. The van der Waals surface area contributed by atoms with E-state index in [1.54, 1.807) is 0 Å². The van der Waals surface area contributed by atoms with Crippen LogP contribution in [0, 0.1) is 0 Å². The normalized spacial score (nSPS) is 11.5. The summed E-state index contributed by atoms with van der Waals surface area (Å²) in [5.41, 5.74) is 10.7. The second-order valence-electron chi connectivity index (χ2n) is 4.52. The predicted octanol–water partition coefficient (Wildman–Crippen LogP) is -1.21. The van der Waals surface area contributed by atoms with Gasteiger partial charge in [-0.05, 0) is 15.9 Å². The van der Waals surface area contributed by atoms with Gasteiger partial charge in [0.05, 0.1) is 0 Å². The summed E-state index contributed by atoms with van der Waals surface area (Å²) >= 11 is 3.20. The highest BCUT2D eigenvalue weighted by molar-refractivity contribution is 9.10. The smallest absolute Gasteiger partial charge is 0.347 e. The minimum Gasteiger partial charge on any atom is -0.382 e. The Hall–Kier alpha value is -3.22. The molecule has 12 nitrogen and oxygen atoms in total. The van der Waals surface area contributed by atoms with Crippen molar-refractivity contribution in [1.29, 1.82) is 0 Å². The molecule has 0 spiro atoms. The zero-order valence-electron chi connectivity index (χ0n) is 11.1. The zero-order chi connectivity index (χ0) is 16.3. The van der Waals surface area contributed by atoms with Crippen LogP contribution in [0.4, 0.5) is 11.8 Å². The Kier molecular flexibility index (Phi) is 2.57. The third kappa shape index (κ3) is 1.76. The second kappa shape index (κ2) is 4.39. The summed E-state index contributed by atoms with van der Waals surface area (Å²) in [4.78, 5) is 45.1. The average molecular weight is 379 g/mol. The van der Waals surface area contributed by atoms with Gasteiger partial charge >= 0.3 is 5.69 Å². The maximum absolute atomic E-state index is 12.3. The molecule has 4 heterocycles. The number of halogens is 1. The van der Waals surface area contributed by atoms with E-state index in [1.807, 2.05) is 0 Å². The fourth-order valence-electron chi connectivity index (χ4n) is 2.24. The molecule has 0 aromatic carbocycles. The molecular formula is C10H7BrN10O2. The number of fused-ring (bicyclic) bond motifs is 2. The summed E-state index contributed by atoms with van der Waals surface area (Å²) in [5, 5.41) is 0. The van der Waals surface area contributed by atoms with E-state index in [1.165, 1.54) is 11.0 Å². The summed E-state index contributed by atoms with van der Waals surface area (Å²) < 4.78 is 2.55. The van der Waals surface area contributed by atoms with Crippen molar-refractivity contribution in [3.8, 4) is 0 Å². The SMILES string of the molecule is Nc1nc2c(nc(Br)n2-n2c(=O)[nH]c3c(N)ncnc32)c(=O)[nH]1. The molecule has 0 aliphatic carbocycles. The van der Waals surface area contributed by atoms with E-state index < -0.39 is 11.2 Å². The van der Waals surface area contributed by atoms with Crippen LogP contribution in [0.2, 0.25) is 0 Å². The van der Waals surface area contributed by atoms with Gasteiger partial charge in [0.25, 0.3) is 5.56 Å². The first kappa shape index (κ1) is 13.4. The molecule has 0 unspecified atom stereocenters. The first-order valence-corrected chi connectivity index (χ1v) is 6.92. The number of rotatable bonds is 1. The van der Waals surface area contributed by atoms with E-state index in [0.717, 1.165) is 4.68 Å². The van der Waals surface area contributed by atoms with Gasteiger partial charge in [-0.3, -0.25) is 14.8 Å². The minimum atomic E-state index is -0.562. The number of hydrogen-bond acceptors (Lipinski definition) is 8. The van der Waals surface area contributed by atoms with Crippen LogP contribution in [0.25, 0.3) is 22.3 Å². The van der Waals surface area contributed by atoms with Gasteiger partial charge in [0.1, 0.15) is 11.8 Å². The summed E-state index contributed by atoms with van der Waals surface area (Å²) in [5.74, 6) is -0.00473. The number of anilines is 2. The number of imidazole rings is 2. The highest BCUT2D eigenvalue weighted by Crippen LogP contribution is 2.19. The van der Waals surface area contributed by atoms with Crippen molar-refractivity contribution < 1.29 is 0 Å². The fourth-order valence-corrected chi connectivity index (χ4v) is 2.74. The Morgan fingerprint density at radius 1 is 1.04 bits per heavy atom. The van der Waals surface area contributed by atoms with Crippen molar-refractivity contribution >= 4 is 50.0 Å². The number of hydrogen-bond donors (Lipinski definition) is 4. The molecule has 0 atom stereocenters. The Balaban J connectivity index is 2.22. The summed E-state index contributed by atoms with van der Waals surface area (Å²) in [7, 11) is 0. The van der Waals surface area contributed by atoms with Crippen LogP contribution in [-0.2, 0) is 0 Å². The molecule has 6 N–H and O–H groups in total. The molecule has 4 aromatic heterocycles. The lowest BCUT2D eigenvalue weighted by atomic mass is 10.5. The lowest BCUT2D eigenvalue weighted by Crippen LogP contribution is -2.25. The number of aromatic amines is 2. The molecule has 0 bridgehead atoms. The van der Waals surface area contributed by atoms with Gasteiger partial charge in [0, 0.05) is 0 Å². The van der Waals surface area contributed by atoms with E-state index in [4.69, 9.17) is 11.5 Å². The van der Waals surface area contributed by atoms with E-state index in [-0.39, 0.29) is 38.8 Å². The number of nitrogen functional groups attached to an aromatic ring is 2. The number of H-pyrrole nitrogens is 2. The van der Waals surface area contributed by atoms with Gasteiger partial charge < -0.3 is 11.5 Å². The topological polar surface area (TPSA) is 179 Å². The standard InChI is InChI=1S/C10H7BrN10O2/c11-8-16-3-6(18-9(13)19-7(3)22)20(8)21-5-2(17-10(21)23)4(12)14-1-15-5/h1H,(H,17,23)(H2,12,14,15)(H3,13,18,19,22). The summed E-state index contributed by atoms with van der Waals surface area (Å²) in [6.07, 6.45) is 1.21. The van der Waals surface area contributed by atoms with Crippen molar-refractivity contribution in [3.05, 3.63) is 31.9 Å².